The van der Waals surface area contributed by atoms with Gasteiger partial charge in [0.25, 0.3) is 0 Å². The zero-order chi connectivity index (χ0) is 27.1. The Morgan fingerprint density at radius 2 is 0.825 bits per heavy atom. The fourth-order valence-corrected chi connectivity index (χ4v) is 9.59. The topological polar surface area (TPSA) is 25.8 Å². The van der Waals surface area contributed by atoms with E-state index in [1.807, 2.05) is 0 Å². The molecular weight excluding hydrogens is 618 g/mol. The molecule has 192 valence electrons. The molecule has 2 heterocycles. The van der Waals surface area contributed by atoms with Gasteiger partial charge in [-0.2, -0.15) is 0 Å². The molecular formula is C36H26N2Se2. The number of hydrogen-bond donors (Lipinski definition) is 0. The van der Waals surface area contributed by atoms with E-state index in [4.69, 9.17) is 9.97 Å². The van der Waals surface area contributed by atoms with Crippen LogP contribution >= 0.6 is 0 Å². The fraction of sp³-hybridized carbons (Fsp3) is 0.0556. The number of aromatic nitrogens is 2. The van der Waals surface area contributed by atoms with Crippen LogP contribution in [0.1, 0.15) is 11.1 Å². The van der Waals surface area contributed by atoms with E-state index < -0.39 is 0 Å². The third-order valence-electron chi connectivity index (χ3n) is 7.16. The third kappa shape index (κ3) is 4.85. The van der Waals surface area contributed by atoms with Crippen molar-refractivity contribution in [2.45, 2.75) is 13.8 Å². The summed E-state index contributed by atoms with van der Waals surface area (Å²) in [5, 5.41) is 5.34. The van der Waals surface area contributed by atoms with E-state index in [1.165, 1.54) is 61.5 Å². The number of hydrogen-bond acceptors (Lipinski definition) is 2. The third-order valence-corrected chi connectivity index (χ3v) is 12.0. The first-order valence-corrected chi connectivity index (χ1v) is 16.8. The molecule has 0 radical (unpaired) electrons. The molecule has 0 unspecified atom stereocenters. The van der Waals surface area contributed by atoms with Gasteiger partial charge >= 0.3 is 247 Å². The molecule has 8 aromatic rings. The summed E-state index contributed by atoms with van der Waals surface area (Å²) >= 11 is 0.594. The Balaban J connectivity index is 0.000000132. The van der Waals surface area contributed by atoms with Crippen LogP contribution < -0.4 is 0 Å². The molecule has 2 nitrogen and oxygen atoms in total. The van der Waals surface area contributed by atoms with Crippen LogP contribution in [-0.2, 0) is 0 Å². The quantitative estimate of drug-likeness (QED) is 0.176. The van der Waals surface area contributed by atoms with Gasteiger partial charge in [0, 0.05) is 0 Å². The molecule has 0 N–H and O–H groups in total. The Morgan fingerprint density at radius 3 is 1.25 bits per heavy atom. The molecule has 0 saturated heterocycles. The zero-order valence-electron chi connectivity index (χ0n) is 22.3. The molecule has 0 aliphatic rings. The molecule has 0 fully saturated rings. The molecule has 0 aliphatic heterocycles. The van der Waals surface area contributed by atoms with Gasteiger partial charge in [-0.05, 0) is 0 Å². The normalized spacial score (nSPS) is 11.2. The van der Waals surface area contributed by atoms with Crippen LogP contribution in [0.15, 0.2) is 121 Å². The second-order valence-electron chi connectivity index (χ2n) is 10.0. The van der Waals surface area contributed by atoms with E-state index in [2.05, 4.69) is 135 Å². The molecule has 6 aromatic carbocycles. The van der Waals surface area contributed by atoms with Crippen molar-refractivity contribution in [2.75, 3.05) is 0 Å². The second kappa shape index (κ2) is 10.7. The van der Waals surface area contributed by atoms with E-state index in [9.17, 15) is 0 Å². The average Bonchev–Trinajstić information content (AvgIpc) is 3.64. The number of rotatable bonds is 2. The summed E-state index contributed by atoms with van der Waals surface area (Å²) in [6.45, 7) is 4.24. The van der Waals surface area contributed by atoms with Gasteiger partial charge in [-0.3, -0.25) is 0 Å². The summed E-state index contributed by atoms with van der Waals surface area (Å²) in [6.07, 6.45) is 0. The standard InChI is InChI=1S/2C18H13NSe/c2*1-12-6-8-14(9-7-12)18-19-16-11-10-13-4-2-3-5-15(13)17(16)20-18/h2*2-11H,1H3. The average molecular weight is 645 g/mol. The molecule has 0 amide bonds. The second-order valence-corrected chi connectivity index (χ2v) is 14.2. The van der Waals surface area contributed by atoms with Gasteiger partial charge in [0.2, 0.25) is 0 Å². The van der Waals surface area contributed by atoms with Crippen LogP contribution in [0.2, 0.25) is 0 Å². The summed E-state index contributed by atoms with van der Waals surface area (Å²) in [5.74, 6) is 0. The van der Waals surface area contributed by atoms with E-state index >= 15 is 0 Å². The molecule has 0 saturated carbocycles. The van der Waals surface area contributed by atoms with E-state index in [0.29, 0.717) is 29.0 Å². The van der Waals surface area contributed by atoms with Gasteiger partial charge < -0.3 is 0 Å². The van der Waals surface area contributed by atoms with Gasteiger partial charge in [0.15, 0.2) is 0 Å². The molecule has 4 heteroatoms. The van der Waals surface area contributed by atoms with E-state index in [-0.39, 0.29) is 0 Å². The molecule has 8 rings (SSSR count). The van der Waals surface area contributed by atoms with Crippen molar-refractivity contribution in [1.29, 1.82) is 0 Å². The van der Waals surface area contributed by atoms with Gasteiger partial charge in [-0.15, -0.1) is 0 Å². The maximum atomic E-state index is 4.85. The fourth-order valence-electron chi connectivity index (χ4n) is 4.95. The summed E-state index contributed by atoms with van der Waals surface area (Å²) in [4.78, 5) is 9.69. The minimum absolute atomic E-state index is 0.297. The predicted molar refractivity (Wildman–Crippen MR) is 173 cm³/mol. The Bertz CT molecular complexity index is 1960. The van der Waals surface area contributed by atoms with Gasteiger partial charge in [0.1, 0.15) is 0 Å². The van der Waals surface area contributed by atoms with Gasteiger partial charge in [-0.25, -0.2) is 0 Å². The van der Waals surface area contributed by atoms with Crippen molar-refractivity contribution in [3.8, 4) is 20.3 Å². The van der Waals surface area contributed by atoms with Crippen LogP contribution in [0.3, 0.4) is 0 Å². The molecule has 0 bridgehead atoms. The van der Waals surface area contributed by atoms with Crippen LogP contribution in [-0.4, -0.2) is 39.0 Å². The van der Waals surface area contributed by atoms with Crippen LogP contribution in [0.25, 0.3) is 61.4 Å². The monoisotopic (exact) mass is 646 g/mol. The summed E-state index contributed by atoms with van der Waals surface area (Å²) in [5.41, 5.74) is 7.41. The van der Waals surface area contributed by atoms with Gasteiger partial charge in [0.05, 0.1) is 0 Å². The number of aryl methyl sites for hydroxylation is 2. The van der Waals surface area contributed by atoms with E-state index in [0.717, 1.165) is 11.0 Å². The summed E-state index contributed by atoms with van der Waals surface area (Å²) in [7, 11) is 0. The van der Waals surface area contributed by atoms with Crippen molar-refractivity contribution in [3.05, 3.63) is 132 Å². The van der Waals surface area contributed by atoms with Crippen molar-refractivity contribution in [1.82, 2.24) is 9.97 Å². The molecule has 0 aliphatic carbocycles. The number of fused-ring (bicyclic) bond motifs is 6. The van der Waals surface area contributed by atoms with E-state index in [1.54, 1.807) is 0 Å². The van der Waals surface area contributed by atoms with Crippen LogP contribution in [0.4, 0.5) is 0 Å². The maximum absolute atomic E-state index is 4.85. The first kappa shape index (κ1) is 25.2. The number of benzene rings is 6. The van der Waals surface area contributed by atoms with Crippen molar-refractivity contribution < 1.29 is 0 Å². The summed E-state index contributed by atoms with van der Waals surface area (Å²) < 4.78 is 5.32. The van der Waals surface area contributed by atoms with Crippen molar-refractivity contribution >= 4 is 70.1 Å². The SMILES string of the molecule is Cc1ccc(-c2nc3ccc4ccccc4c3[se]2)cc1.Cc1ccc(-c2nc3ccc4ccccc4c3[se]2)cc1. The van der Waals surface area contributed by atoms with Crippen molar-refractivity contribution in [2.24, 2.45) is 0 Å². The minimum atomic E-state index is 0.297. The first-order valence-electron chi connectivity index (χ1n) is 13.3. The molecule has 40 heavy (non-hydrogen) atoms. The Hall–Kier alpha value is -3.78. The zero-order valence-corrected chi connectivity index (χ0v) is 25.7. The molecule has 2 aromatic heterocycles. The predicted octanol–water partition coefficient (Wildman–Crippen LogP) is 8.84. The van der Waals surface area contributed by atoms with Crippen molar-refractivity contribution in [3.63, 3.8) is 0 Å². The Morgan fingerprint density at radius 1 is 0.425 bits per heavy atom. The Labute approximate surface area is 245 Å². The first-order chi connectivity index (χ1) is 19.6. The summed E-state index contributed by atoms with van der Waals surface area (Å²) in [6, 6.07) is 43.2. The molecule has 0 spiro atoms. The molecule has 0 atom stereocenters. The van der Waals surface area contributed by atoms with Gasteiger partial charge in [-0.1, -0.05) is 0 Å². The Kier molecular flexibility index (Phi) is 6.71. The van der Waals surface area contributed by atoms with Crippen LogP contribution in [0.5, 0.6) is 0 Å². The van der Waals surface area contributed by atoms with Crippen LogP contribution in [0, 0.1) is 13.8 Å². The number of nitrogens with zero attached hydrogens (tertiary/aromatic N) is 2.